The minimum Gasteiger partial charge on any atom is -0.477 e. The average molecular weight is 179 g/mol. The maximum Gasteiger partial charge on any atom is 0.345 e. The minimum atomic E-state index is -0.840. The number of aromatic carboxylic acids is 1. The number of halogens is 1. The van der Waals surface area contributed by atoms with Crippen LogP contribution < -0.4 is 0 Å². The van der Waals surface area contributed by atoms with Crippen LogP contribution >= 0.6 is 23.7 Å². The number of rotatable bonds is 1. The second-order valence-corrected chi connectivity index (χ2v) is 2.70. The van der Waals surface area contributed by atoms with Crippen LogP contribution in [0, 0.1) is 6.92 Å². The summed E-state index contributed by atoms with van der Waals surface area (Å²) in [4.78, 5) is 10.6. The molecule has 1 aromatic rings. The number of aryl methyl sites for hydroxylation is 1. The van der Waals surface area contributed by atoms with Gasteiger partial charge in [-0.25, -0.2) is 4.79 Å². The van der Waals surface area contributed by atoms with Gasteiger partial charge in [-0.1, -0.05) is 0 Å². The van der Waals surface area contributed by atoms with E-state index in [4.69, 9.17) is 5.11 Å². The predicted octanol–water partition coefficient (Wildman–Crippen LogP) is 2.18. The van der Waals surface area contributed by atoms with Crippen molar-refractivity contribution in [2.45, 2.75) is 6.92 Å². The maximum atomic E-state index is 10.2. The van der Waals surface area contributed by atoms with Gasteiger partial charge < -0.3 is 5.11 Å². The summed E-state index contributed by atoms with van der Waals surface area (Å²) in [7, 11) is 0. The molecular weight excluding hydrogens is 172 g/mol. The van der Waals surface area contributed by atoms with Gasteiger partial charge in [-0.05, 0) is 23.9 Å². The Morgan fingerprint density at radius 3 is 2.50 bits per heavy atom. The Kier molecular flexibility index (Phi) is 3.39. The minimum absolute atomic E-state index is 0. The fourth-order valence-electron chi connectivity index (χ4n) is 0.543. The molecule has 4 heteroatoms. The molecule has 0 aliphatic carbocycles. The summed E-state index contributed by atoms with van der Waals surface area (Å²) in [6.07, 6.45) is 0. The van der Waals surface area contributed by atoms with E-state index in [1.165, 1.54) is 11.3 Å². The average Bonchev–Trinajstić information content (AvgIpc) is 2.14. The lowest BCUT2D eigenvalue weighted by atomic mass is 10.3. The number of carboxylic acids is 1. The summed E-state index contributed by atoms with van der Waals surface area (Å²) in [5.74, 6) is -0.840. The Balaban J connectivity index is 0.000000810. The van der Waals surface area contributed by atoms with Gasteiger partial charge in [-0.15, -0.1) is 23.7 Å². The number of carbonyl (C=O) groups is 1. The first-order chi connectivity index (χ1) is 4.20. The highest BCUT2D eigenvalue weighted by Crippen LogP contribution is 2.12. The molecular formula is C6H7ClO2S. The first kappa shape index (κ1) is 9.46. The summed E-state index contributed by atoms with van der Waals surface area (Å²) >= 11 is 1.26. The molecule has 1 aromatic heterocycles. The highest BCUT2D eigenvalue weighted by Gasteiger charge is 2.02. The Morgan fingerprint density at radius 1 is 1.70 bits per heavy atom. The van der Waals surface area contributed by atoms with E-state index in [1.54, 1.807) is 6.07 Å². The normalized spacial score (nSPS) is 8.50. The van der Waals surface area contributed by atoms with Gasteiger partial charge in [0.15, 0.2) is 0 Å². The van der Waals surface area contributed by atoms with Gasteiger partial charge in [0, 0.05) is 0 Å². The molecule has 10 heavy (non-hydrogen) atoms. The van der Waals surface area contributed by atoms with Crippen molar-refractivity contribution in [2.24, 2.45) is 0 Å². The predicted molar refractivity (Wildman–Crippen MR) is 43.3 cm³/mol. The molecule has 0 unspecified atom stereocenters. The zero-order valence-corrected chi connectivity index (χ0v) is 6.96. The van der Waals surface area contributed by atoms with Gasteiger partial charge in [0.2, 0.25) is 0 Å². The van der Waals surface area contributed by atoms with Crippen molar-refractivity contribution in [3.63, 3.8) is 0 Å². The standard InChI is InChI=1S/C6H6O2S.ClH/c1-4-2-5(6(7)8)9-3-4;/h2-3H,1H3,(H,7,8);1H. The van der Waals surface area contributed by atoms with Crippen LogP contribution in [-0.2, 0) is 0 Å². The summed E-state index contributed by atoms with van der Waals surface area (Å²) in [6.45, 7) is 1.88. The summed E-state index contributed by atoms with van der Waals surface area (Å²) in [5, 5.41) is 10.2. The number of hydrogen-bond acceptors (Lipinski definition) is 2. The summed E-state index contributed by atoms with van der Waals surface area (Å²) < 4.78 is 0. The van der Waals surface area contributed by atoms with E-state index in [1.807, 2.05) is 12.3 Å². The highest BCUT2D eigenvalue weighted by molar-refractivity contribution is 7.12. The third-order valence-electron chi connectivity index (χ3n) is 0.941. The van der Waals surface area contributed by atoms with Crippen LogP contribution in [0.1, 0.15) is 15.2 Å². The van der Waals surface area contributed by atoms with Crippen LogP contribution in [-0.4, -0.2) is 11.1 Å². The smallest absolute Gasteiger partial charge is 0.345 e. The first-order valence-electron chi connectivity index (χ1n) is 2.48. The van der Waals surface area contributed by atoms with Gasteiger partial charge in [0.1, 0.15) is 4.88 Å². The van der Waals surface area contributed by atoms with E-state index in [2.05, 4.69) is 0 Å². The summed E-state index contributed by atoms with van der Waals surface area (Å²) in [5.41, 5.74) is 1.01. The van der Waals surface area contributed by atoms with Gasteiger partial charge in [-0.3, -0.25) is 0 Å². The zero-order chi connectivity index (χ0) is 6.85. The Labute approximate surface area is 68.9 Å². The molecule has 0 spiro atoms. The fourth-order valence-corrected chi connectivity index (χ4v) is 1.28. The molecule has 2 nitrogen and oxygen atoms in total. The molecule has 1 N–H and O–H groups in total. The van der Waals surface area contributed by atoms with E-state index in [0.29, 0.717) is 4.88 Å². The second kappa shape index (κ2) is 3.58. The quantitative estimate of drug-likeness (QED) is 0.716. The van der Waals surface area contributed by atoms with Gasteiger partial charge in [0.05, 0.1) is 0 Å². The SMILES string of the molecule is Cc1csc(C(=O)O)c1.Cl. The van der Waals surface area contributed by atoms with Crippen molar-refractivity contribution in [2.75, 3.05) is 0 Å². The van der Waals surface area contributed by atoms with Crippen LogP contribution in [0.3, 0.4) is 0 Å². The maximum absolute atomic E-state index is 10.2. The van der Waals surface area contributed by atoms with Gasteiger partial charge in [-0.2, -0.15) is 0 Å². The van der Waals surface area contributed by atoms with Crippen LogP contribution in [0.15, 0.2) is 11.4 Å². The number of thiophene rings is 1. The molecule has 0 radical (unpaired) electrons. The largest absolute Gasteiger partial charge is 0.477 e. The Morgan fingerprint density at radius 2 is 2.30 bits per heavy atom. The van der Waals surface area contributed by atoms with Crippen molar-refractivity contribution >= 4 is 29.7 Å². The van der Waals surface area contributed by atoms with Crippen LogP contribution in [0.25, 0.3) is 0 Å². The monoisotopic (exact) mass is 178 g/mol. The van der Waals surface area contributed by atoms with E-state index in [9.17, 15) is 4.79 Å². The molecule has 0 saturated carbocycles. The van der Waals surface area contributed by atoms with Crippen LogP contribution in [0.4, 0.5) is 0 Å². The topological polar surface area (TPSA) is 37.3 Å². The molecule has 1 rings (SSSR count). The lowest BCUT2D eigenvalue weighted by Gasteiger charge is -1.79. The van der Waals surface area contributed by atoms with Crippen LogP contribution in [0.2, 0.25) is 0 Å². The third-order valence-corrected chi connectivity index (χ3v) is 1.98. The van der Waals surface area contributed by atoms with Crippen molar-refractivity contribution in [3.8, 4) is 0 Å². The van der Waals surface area contributed by atoms with Crippen molar-refractivity contribution in [1.29, 1.82) is 0 Å². The molecule has 0 atom stereocenters. The highest BCUT2D eigenvalue weighted by atomic mass is 35.5. The molecule has 0 saturated heterocycles. The lowest BCUT2D eigenvalue weighted by molar-refractivity contribution is 0.0702. The van der Waals surface area contributed by atoms with E-state index >= 15 is 0 Å². The van der Waals surface area contributed by atoms with Crippen molar-refractivity contribution in [3.05, 3.63) is 21.9 Å². The third kappa shape index (κ3) is 2.01. The molecule has 0 fully saturated rings. The number of hydrogen-bond donors (Lipinski definition) is 1. The molecule has 0 bridgehead atoms. The molecule has 0 aliphatic rings. The molecule has 0 aromatic carbocycles. The second-order valence-electron chi connectivity index (χ2n) is 1.79. The Hall–Kier alpha value is -0.540. The summed E-state index contributed by atoms with van der Waals surface area (Å²) in [6, 6.07) is 1.66. The molecule has 0 aliphatic heterocycles. The van der Waals surface area contributed by atoms with E-state index in [0.717, 1.165) is 5.56 Å². The van der Waals surface area contributed by atoms with Gasteiger partial charge in [0.25, 0.3) is 0 Å². The van der Waals surface area contributed by atoms with E-state index in [-0.39, 0.29) is 12.4 Å². The van der Waals surface area contributed by atoms with Crippen molar-refractivity contribution < 1.29 is 9.90 Å². The van der Waals surface area contributed by atoms with E-state index < -0.39 is 5.97 Å². The molecule has 0 amide bonds. The fraction of sp³-hybridized carbons (Fsp3) is 0.167. The van der Waals surface area contributed by atoms with Crippen molar-refractivity contribution in [1.82, 2.24) is 0 Å². The number of carboxylic acid groups (broad SMARTS) is 1. The Bertz CT molecular complexity index is 231. The lowest BCUT2D eigenvalue weighted by Crippen LogP contribution is -1.89. The molecule has 1 heterocycles. The first-order valence-corrected chi connectivity index (χ1v) is 3.36. The van der Waals surface area contributed by atoms with Gasteiger partial charge >= 0.3 is 5.97 Å². The zero-order valence-electron chi connectivity index (χ0n) is 5.33. The van der Waals surface area contributed by atoms with Crippen LogP contribution in [0.5, 0.6) is 0 Å². The molecule has 56 valence electrons.